The molecule has 1 heterocycles. The SMILES string of the molecule is NC1(COc2cc(=O)[nH]cn2)CCCCC1. The van der Waals surface area contributed by atoms with Gasteiger partial charge in [0.05, 0.1) is 17.9 Å². The normalized spacial score (nSPS) is 19.3. The molecule has 1 aliphatic carbocycles. The largest absolute Gasteiger partial charge is 0.476 e. The molecule has 16 heavy (non-hydrogen) atoms. The second-order valence-corrected chi connectivity index (χ2v) is 4.46. The third-order valence-electron chi connectivity index (χ3n) is 3.01. The first-order valence-electron chi connectivity index (χ1n) is 5.64. The summed E-state index contributed by atoms with van der Waals surface area (Å²) in [7, 11) is 0. The summed E-state index contributed by atoms with van der Waals surface area (Å²) in [5.74, 6) is 0.346. The number of H-pyrrole nitrogens is 1. The first-order chi connectivity index (χ1) is 7.68. The number of nitrogens with two attached hydrogens (primary N) is 1. The molecule has 3 N–H and O–H groups in total. The summed E-state index contributed by atoms with van der Waals surface area (Å²) in [4.78, 5) is 17.4. The summed E-state index contributed by atoms with van der Waals surface area (Å²) in [6, 6.07) is 1.34. The van der Waals surface area contributed by atoms with Gasteiger partial charge in [0.25, 0.3) is 5.56 Å². The number of nitrogens with zero attached hydrogens (tertiary/aromatic N) is 1. The van der Waals surface area contributed by atoms with E-state index in [1.165, 1.54) is 18.8 Å². The maximum Gasteiger partial charge on any atom is 0.254 e. The third kappa shape index (κ3) is 2.82. The molecule has 1 aromatic rings. The second-order valence-electron chi connectivity index (χ2n) is 4.46. The van der Waals surface area contributed by atoms with Crippen molar-refractivity contribution in [2.24, 2.45) is 5.73 Å². The van der Waals surface area contributed by atoms with Crippen LogP contribution in [0.15, 0.2) is 17.2 Å². The van der Waals surface area contributed by atoms with Crippen molar-refractivity contribution in [1.29, 1.82) is 0 Å². The Bertz CT molecular complexity index is 396. The van der Waals surface area contributed by atoms with E-state index in [1.54, 1.807) is 0 Å². The van der Waals surface area contributed by atoms with Crippen molar-refractivity contribution in [1.82, 2.24) is 9.97 Å². The van der Waals surface area contributed by atoms with Crippen molar-refractivity contribution in [3.05, 3.63) is 22.7 Å². The Kier molecular flexibility index (Phi) is 3.24. The summed E-state index contributed by atoms with van der Waals surface area (Å²) in [5.41, 5.74) is 5.75. The fraction of sp³-hybridized carbons (Fsp3) is 0.636. The van der Waals surface area contributed by atoms with Gasteiger partial charge < -0.3 is 15.5 Å². The molecule has 1 saturated carbocycles. The quantitative estimate of drug-likeness (QED) is 0.794. The van der Waals surface area contributed by atoms with Crippen LogP contribution in [-0.2, 0) is 0 Å². The zero-order chi connectivity index (χ0) is 11.4. The fourth-order valence-electron chi connectivity index (χ4n) is 2.05. The Labute approximate surface area is 94.0 Å². The third-order valence-corrected chi connectivity index (χ3v) is 3.01. The molecular weight excluding hydrogens is 206 g/mol. The van der Waals surface area contributed by atoms with Gasteiger partial charge in [0.15, 0.2) is 0 Å². The zero-order valence-corrected chi connectivity index (χ0v) is 9.24. The van der Waals surface area contributed by atoms with Crippen molar-refractivity contribution in [3.63, 3.8) is 0 Å². The smallest absolute Gasteiger partial charge is 0.254 e. The highest BCUT2D eigenvalue weighted by Gasteiger charge is 2.28. The molecule has 0 saturated heterocycles. The Morgan fingerprint density at radius 3 is 2.88 bits per heavy atom. The van der Waals surface area contributed by atoms with Gasteiger partial charge in [0, 0.05) is 0 Å². The molecule has 5 heteroatoms. The predicted molar refractivity (Wildman–Crippen MR) is 60.4 cm³/mol. The number of hydrogen-bond acceptors (Lipinski definition) is 4. The fourth-order valence-corrected chi connectivity index (χ4v) is 2.05. The number of aromatic amines is 1. The van der Waals surface area contributed by atoms with E-state index in [4.69, 9.17) is 10.5 Å². The van der Waals surface area contributed by atoms with Crippen LogP contribution in [0.4, 0.5) is 0 Å². The summed E-state index contributed by atoms with van der Waals surface area (Å²) in [6.45, 7) is 0.434. The minimum atomic E-state index is -0.247. The lowest BCUT2D eigenvalue weighted by Gasteiger charge is -2.32. The van der Waals surface area contributed by atoms with E-state index in [9.17, 15) is 4.79 Å². The highest BCUT2D eigenvalue weighted by molar-refractivity contribution is 5.05. The molecule has 0 aliphatic heterocycles. The molecule has 5 nitrogen and oxygen atoms in total. The first kappa shape index (κ1) is 11.1. The van der Waals surface area contributed by atoms with E-state index in [0.717, 1.165) is 25.7 Å². The van der Waals surface area contributed by atoms with Crippen LogP contribution >= 0.6 is 0 Å². The number of ether oxygens (including phenoxy) is 1. The van der Waals surface area contributed by atoms with Crippen LogP contribution in [0.2, 0.25) is 0 Å². The van der Waals surface area contributed by atoms with Crippen LogP contribution in [0.3, 0.4) is 0 Å². The van der Waals surface area contributed by atoms with Crippen LogP contribution in [0, 0.1) is 0 Å². The summed E-state index contributed by atoms with van der Waals surface area (Å²) in [6.07, 6.45) is 6.86. The molecule has 88 valence electrons. The Morgan fingerprint density at radius 2 is 2.19 bits per heavy atom. The van der Waals surface area contributed by atoms with Crippen molar-refractivity contribution < 1.29 is 4.74 Å². The van der Waals surface area contributed by atoms with Gasteiger partial charge in [0.2, 0.25) is 5.88 Å². The molecule has 0 unspecified atom stereocenters. The van der Waals surface area contributed by atoms with Crippen molar-refractivity contribution in [3.8, 4) is 5.88 Å². The molecule has 1 aliphatic rings. The Morgan fingerprint density at radius 1 is 1.44 bits per heavy atom. The van der Waals surface area contributed by atoms with Crippen LogP contribution in [-0.4, -0.2) is 22.1 Å². The number of aromatic nitrogens is 2. The lowest BCUT2D eigenvalue weighted by atomic mass is 9.83. The van der Waals surface area contributed by atoms with Gasteiger partial charge in [-0.1, -0.05) is 19.3 Å². The van der Waals surface area contributed by atoms with Gasteiger partial charge in [-0.2, -0.15) is 0 Å². The first-order valence-corrected chi connectivity index (χ1v) is 5.64. The minimum absolute atomic E-state index is 0.209. The maximum absolute atomic E-state index is 11.0. The summed E-state index contributed by atoms with van der Waals surface area (Å²) < 4.78 is 5.47. The summed E-state index contributed by atoms with van der Waals surface area (Å²) >= 11 is 0. The lowest BCUT2D eigenvalue weighted by Crippen LogP contribution is -2.47. The summed E-state index contributed by atoms with van der Waals surface area (Å²) in [5, 5.41) is 0. The Hall–Kier alpha value is -1.36. The van der Waals surface area contributed by atoms with E-state index >= 15 is 0 Å². The van der Waals surface area contributed by atoms with Crippen molar-refractivity contribution in [2.45, 2.75) is 37.6 Å². The van der Waals surface area contributed by atoms with Gasteiger partial charge in [-0.25, -0.2) is 4.98 Å². The van der Waals surface area contributed by atoms with Crippen molar-refractivity contribution in [2.75, 3.05) is 6.61 Å². The second kappa shape index (κ2) is 4.65. The highest BCUT2D eigenvalue weighted by Crippen LogP contribution is 2.26. The van der Waals surface area contributed by atoms with E-state index in [-0.39, 0.29) is 11.1 Å². The monoisotopic (exact) mass is 223 g/mol. The molecule has 0 atom stereocenters. The van der Waals surface area contributed by atoms with Gasteiger partial charge >= 0.3 is 0 Å². The van der Waals surface area contributed by atoms with Crippen molar-refractivity contribution >= 4 is 0 Å². The molecule has 0 radical (unpaired) electrons. The molecular formula is C11H17N3O2. The molecule has 1 fully saturated rings. The van der Waals surface area contributed by atoms with Gasteiger partial charge in [-0.15, -0.1) is 0 Å². The lowest BCUT2D eigenvalue weighted by molar-refractivity contribution is 0.169. The maximum atomic E-state index is 11.0. The molecule has 2 rings (SSSR count). The number of hydrogen-bond donors (Lipinski definition) is 2. The minimum Gasteiger partial charge on any atom is -0.476 e. The molecule has 0 bridgehead atoms. The van der Waals surface area contributed by atoms with Gasteiger partial charge in [-0.05, 0) is 12.8 Å². The van der Waals surface area contributed by atoms with Crippen LogP contribution in [0.5, 0.6) is 5.88 Å². The number of rotatable bonds is 3. The average molecular weight is 223 g/mol. The van der Waals surface area contributed by atoms with E-state index < -0.39 is 0 Å². The zero-order valence-electron chi connectivity index (χ0n) is 9.24. The highest BCUT2D eigenvalue weighted by atomic mass is 16.5. The molecule has 0 spiro atoms. The van der Waals surface area contributed by atoms with E-state index in [1.807, 2.05) is 0 Å². The predicted octanol–water partition coefficient (Wildman–Crippen LogP) is 0.810. The topological polar surface area (TPSA) is 81.0 Å². The van der Waals surface area contributed by atoms with Crippen LogP contribution in [0.1, 0.15) is 32.1 Å². The Balaban J connectivity index is 1.93. The molecule has 0 amide bonds. The average Bonchev–Trinajstić information content (AvgIpc) is 2.28. The van der Waals surface area contributed by atoms with Gasteiger partial charge in [0.1, 0.15) is 6.61 Å². The van der Waals surface area contributed by atoms with E-state index in [2.05, 4.69) is 9.97 Å². The molecule has 1 aromatic heterocycles. The van der Waals surface area contributed by atoms with E-state index in [0.29, 0.717) is 12.5 Å². The number of nitrogens with one attached hydrogen (secondary N) is 1. The van der Waals surface area contributed by atoms with Gasteiger partial charge in [-0.3, -0.25) is 4.79 Å². The standard InChI is InChI=1S/C11H17N3O2/c12-11(4-2-1-3-5-11)7-16-10-6-9(15)13-8-14-10/h6,8H,1-5,7,12H2,(H,13,14,15). The van der Waals surface area contributed by atoms with Crippen LogP contribution in [0.25, 0.3) is 0 Å². The molecule has 0 aromatic carbocycles. The van der Waals surface area contributed by atoms with Crippen LogP contribution < -0.4 is 16.0 Å².